The fourth-order valence-electron chi connectivity index (χ4n) is 4.03. The highest BCUT2D eigenvalue weighted by Gasteiger charge is 2.32. The molecule has 0 bridgehead atoms. The van der Waals surface area contributed by atoms with E-state index in [1.165, 1.54) is 9.71 Å². The van der Waals surface area contributed by atoms with E-state index in [0.29, 0.717) is 50.6 Å². The van der Waals surface area contributed by atoms with Crippen molar-refractivity contribution in [2.75, 3.05) is 33.3 Å². The third-order valence-corrected chi connectivity index (χ3v) is 7.38. The first kappa shape index (κ1) is 22.4. The molecule has 0 saturated carbocycles. The summed E-state index contributed by atoms with van der Waals surface area (Å²) in [6.45, 7) is 1.48. The molecule has 1 amide bonds. The van der Waals surface area contributed by atoms with Gasteiger partial charge >= 0.3 is 0 Å². The van der Waals surface area contributed by atoms with Gasteiger partial charge in [0.2, 0.25) is 15.9 Å². The Balaban J connectivity index is 1.28. The van der Waals surface area contributed by atoms with Crippen LogP contribution in [0.15, 0.2) is 60.0 Å². The maximum Gasteiger partial charge on any atom is 0.236 e. The summed E-state index contributed by atoms with van der Waals surface area (Å²) in [5.74, 6) is 1.23. The molecule has 4 rings (SSSR count). The molecule has 1 saturated heterocycles. The van der Waals surface area contributed by atoms with Crippen LogP contribution >= 0.6 is 0 Å². The van der Waals surface area contributed by atoms with Crippen LogP contribution in [0.1, 0.15) is 18.4 Å². The normalized spacial score (nSPS) is 19.7. The number of amides is 1. The molecule has 7 nitrogen and oxygen atoms in total. The van der Waals surface area contributed by atoms with Gasteiger partial charge in [0.1, 0.15) is 6.61 Å². The van der Waals surface area contributed by atoms with Crippen LogP contribution in [-0.2, 0) is 14.8 Å². The Labute approximate surface area is 189 Å². The smallest absolute Gasteiger partial charge is 0.236 e. The molecule has 2 aliphatic rings. The van der Waals surface area contributed by atoms with E-state index in [0.717, 1.165) is 5.56 Å². The van der Waals surface area contributed by atoms with E-state index < -0.39 is 10.0 Å². The Morgan fingerprint density at radius 2 is 1.72 bits per heavy atom. The van der Waals surface area contributed by atoms with Gasteiger partial charge in [-0.2, -0.15) is 4.31 Å². The SMILES string of the molecule is CN(CC1COc2ccccc2O1)C(=O)C1CCN(S(=O)(=O)/C=C/c2ccccc2)CC1. The Morgan fingerprint density at radius 3 is 2.44 bits per heavy atom. The first-order valence-corrected chi connectivity index (χ1v) is 12.3. The zero-order valence-electron chi connectivity index (χ0n) is 18.1. The molecule has 0 spiro atoms. The van der Waals surface area contributed by atoms with Crippen molar-refractivity contribution in [1.82, 2.24) is 9.21 Å². The summed E-state index contributed by atoms with van der Waals surface area (Å²) < 4.78 is 38.4. The number of rotatable bonds is 6. The summed E-state index contributed by atoms with van der Waals surface area (Å²) in [7, 11) is -1.75. The summed E-state index contributed by atoms with van der Waals surface area (Å²) in [4.78, 5) is 14.6. The zero-order valence-corrected chi connectivity index (χ0v) is 18.9. The van der Waals surface area contributed by atoms with Crippen molar-refractivity contribution in [1.29, 1.82) is 0 Å². The van der Waals surface area contributed by atoms with Crippen LogP contribution in [0.5, 0.6) is 11.5 Å². The number of nitrogens with zero attached hydrogens (tertiary/aromatic N) is 2. The van der Waals surface area contributed by atoms with Crippen LogP contribution < -0.4 is 9.47 Å². The van der Waals surface area contributed by atoms with Crippen molar-refractivity contribution in [2.24, 2.45) is 5.92 Å². The summed E-state index contributed by atoms with van der Waals surface area (Å²) in [6, 6.07) is 16.8. The molecule has 1 atom stereocenters. The van der Waals surface area contributed by atoms with Gasteiger partial charge in [0, 0.05) is 31.5 Å². The van der Waals surface area contributed by atoms with Gasteiger partial charge in [0.05, 0.1) is 6.54 Å². The summed E-state index contributed by atoms with van der Waals surface area (Å²) in [6.07, 6.45) is 2.38. The molecule has 0 aromatic heterocycles. The number of hydrogen-bond donors (Lipinski definition) is 0. The number of sulfonamides is 1. The van der Waals surface area contributed by atoms with E-state index in [4.69, 9.17) is 9.47 Å². The number of fused-ring (bicyclic) bond motifs is 1. The molecule has 0 aliphatic carbocycles. The summed E-state index contributed by atoms with van der Waals surface area (Å²) in [5.41, 5.74) is 0.833. The maximum atomic E-state index is 12.9. The van der Waals surface area contributed by atoms with Gasteiger partial charge < -0.3 is 14.4 Å². The highest BCUT2D eigenvalue weighted by molar-refractivity contribution is 7.92. The first-order valence-electron chi connectivity index (χ1n) is 10.8. The average molecular weight is 457 g/mol. The van der Waals surface area contributed by atoms with Gasteiger partial charge in [-0.15, -0.1) is 0 Å². The Morgan fingerprint density at radius 1 is 1.06 bits per heavy atom. The van der Waals surface area contributed by atoms with E-state index in [1.807, 2.05) is 54.6 Å². The van der Waals surface area contributed by atoms with E-state index in [9.17, 15) is 13.2 Å². The molecule has 32 heavy (non-hydrogen) atoms. The molecular weight excluding hydrogens is 428 g/mol. The number of carbonyl (C=O) groups excluding carboxylic acids is 1. The van der Waals surface area contributed by atoms with Crippen molar-refractivity contribution in [3.8, 4) is 11.5 Å². The van der Waals surface area contributed by atoms with Crippen LogP contribution in [0.3, 0.4) is 0 Å². The lowest BCUT2D eigenvalue weighted by molar-refractivity contribution is -0.136. The highest BCUT2D eigenvalue weighted by Crippen LogP contribution is 2.31. The Bertz CT molecular complexity index is 1060. The van der Waals surface area contributed by atoms with Crippen molar-refractivity contribution in [3.05, 3.63) is 65.6 Å². The Kier molecular flexibility index (Phi) is 6.81. The topological polar surface area (TPSA) is 76.2 Å². The van der Waals surface area contributed by atoms with Crippen LogP contribution in [0.4, 0.5) is 0 Å². The number of likely N-dealkylation sites (N-methyl/N-ethyl adjacent to an activating group) is 1. The molecule has 2 aromatic rings. The number of carbonyl (C=O) groups is 1. The monoisotopic (exact) mass is 456 g/mol. The van der Waals surface area contributed by atoms with Gasteiger partial charge in [0.15, 0.2) is 17.6 Å². The molecular formula is C24H28N2O5S. The van der Waals surface area contributed by atoms with Crippen LogP contribution in [0.25, 0.3) is 6.08 Å². The van der Waals surface area contributed by atoms with Gasteiger partial charge in [-0.25, -0.2) is 8.42 Å². The molecule has 2 heterocycles. The standard InChI is InChI=1S/C24H28N2O5S/c1-25(17-21-18-30-22-9-5-6-10-23(22)31-21)24(27)20-11-14-26(15-12-20)32(28,29)16-13-19-7-3-2-4-8-19/h2-10,13,16,20-21H,11-12,14-15,17-18H2,1H3/b16-13+. The minimum atomic E-state index is -3.51. The minimum absolute atomic E-state index is 0.0179. The molecule has 2 aromatic carbocycles. The lowest BCUT2D eigenvalue weighted by Gasteiger charge is -2.34. The minimum Gasteiger partial charge on any atom is -0.486 e. The highest BCUT2D eigenvalue weighted by atomic mass is 32.2. The van der Waals surface area contributed by atoms with Crippen LogP contribution in [0.2, 0.25) is 0 Å². The van der Waals surface area contributed by atoms with Crippen molar-refractivity contribution in [2.45, 2.75) is 18.9 Å². The van der Waals surface area contributed by atoms with Gasteiger partial charge in [-0.1, -0.05) is 42.5 Å². The zero-order chi connectivity index (χ0) is 22.6. The fourth-order valence-corrected chi connectivity index (χ4v) is 5.25. The lowest BCUT2D eigenvalue weighted by Crippen LogP contribution is -2.46. The third kappa shape index (κ3) is 5.31. The Hall–Kier alpha value is -2.84. The number of piperidine rings is 1. The predicted molar refractivity (Wildman–Crippen MR) is 123 cm³/mol. The number of benzene rings is 2. The molecule has 1 unspecified atom stereocenters. The quantitative estimate of drug-likeness (QED) is 0.668. The second-order valence-electron chi connectivity index (χ2n) is 8.15. The van der Waals surface area contributed by atoms with Gasteiger partial charge in [0.25, 0.3) is 0 Å². The predicted octanol–water partition coefficient (Wildman–Crippen LogP) is 3.00. The van der Waals surface area contributed by atoms with Crippen LogP contribution in [-0.4, -0.2) is 62.9 Å². The molecule has 1 fully saturated rings. The summed E-state index contributed by atoms with van der Waals surface area (Å²) >= 11 is 0. The van der Waals surface area contributed by atoms with E-state index in [1.54, 1.807) is 18.0 Å². The molecule has 0 N–H and O–H groups in total. The van der Waals surface area contributed by atoms with Gasteiger partial charge in [-0.3, -0.25) is 4.79 Å². The molecule has 8 heteroatoms. The average Bonchev–Trinajstić information content (AvgIpc) is 2.83. The second-order valence-corrected chi connectivity index (χ2v) is 9.97. The van der Waals surface area contributed by atoms with Crippen molar-refractivity contribution < 1.29 is 22.7 Å². The molecule has 2 aliphatic heterocycles. The lowest BCUT2D eigenvalue weighted by atomic mass is 9.96. The summed E-state index contributed by atoms with van der Waals surface area (Å²) in [5, 5.41) is 1.24. The van der Waals surface area contributed by atoms with E-state index in [-0.39, 0.29) is 17.9 Å². The molecule has 0 radical (unpaired) electrons. The van der Waals surface area contributed by atoms with Crippen LogP contribution in [0, 0.1) is 5.92 Å². The second kappa shape index (κ2) is 9.75. The third-order valence-electron chi connectivity index (χ3n) is 5.82. The number of hydrogen-bond acceptors (Lipinski definition) is 5. The van der Waals surface area contributed by atoms with Crippen molar-refractivity contribution in [3.63, 3.8) is 0 Å². The largest absolute Gasteiger partial charge is 0.486 e. The number of ether oxygens (including phenoxy) is 2. The van der Waals surface area contributed by atoms with Crippen molar-refractivity contribution >= 4 is 22.0 Å². The first-order chi connectivity index (χ1) is 15.4. The fraction of sp³-hybridized carbons (Fsp3) is 0.375. The van der Waals surface area contributed by atoms with Gasteiger partial charge in [-0.05, 0) is 36.6 Å². The van der Waals surface area contributed by atoms with E-state index in [2.05, 4.69) is 0 Å². The molecule has 170 valence electrons. The maximum absolute atomic E-state index is 12.9. The number of para-hydroxylation sites is 2. The van der Waals surface area contributed by atoms with E-state index >= 15 is 0 Å².